The Morgan fingerprint density at radius 2 is 1.09 bits per heavy atom. The molecule has 0 atom stereocenters. The molecule has 0 spiro atoms. The van der Waals surface area contributed by atoms with Gasteiger partial charge in [-0.2, -0.15) is 0 Å². The van der Waals surface area contributed by atoms with Crippen molar-refractivity contribution < 1.29 is 4.18 Å². The summed E-state index contributed by atoms with van der Waals surface area (Å²) in [5.74, 6) is 1.04. The first-order valence-electron chi connectivity index (χ1n) is 8.41. The molecule has 0 bridgehead atoms. The zero-order chi connectivity index (χ0) is 16.1. The van der Waals surface area contributed by atoms with Crippen molar-refractivity contribution in [2.24, 2.45) is 0 Å². The van der Waals surface area contributed by atoms with Gasteiger partial charge in [-0.25, -0.2) is 0 Å². The van der Waals surface area contributed by atoms with Crippen molar-refractivity contribution in [2.75, 3.05) is 12.4 Å². The normalized spacial score (nSPS) is 13.0. The third kappa shape index (κ3) is 19.0. The SMILES string of the molecule is CC/C=C\C/C=C\C/C=C\C/C=C\C/C=C\CCSOCC. The molecule has 0 amide bonds. The van der Waals surface area contributed by atoms with E-state index >= 15 is 0 Å². The highest BCUT2D eigenvalue weighted by atomic mass is 32.2. The molecule has 0 aromatic heterocycles. The van der Waals surface area contributed by atoms with E-state index in [0.717, 1.165) is 50.9 Å². The van der Waals surface area contributed by atoms with Crippen molar-refractivity contribution in [1.29, 1.82) is 0 Å². The molecule has 0 fully saturated rings. The van der Waals surface area contributed by atoms with Crippen LogP contribution in [-0.4, -0.2) is 12.4 Å². The van der Waals surface area contributed by atoms with Crippen molar-refractivity contribution in [3.05, 3.63) is 60.8 Å². The van der Waals surface area contributed by atoms with Gasteiger partial charge < -0.3 is 4.18 Å². The van der Waals surface area contributed by atoms with Crippen molar-refractivity contribution in [2.45, 2.75) is 52.4 Å². The quantitative estimate of drug-likeness (QED) is 0.197. The van der Waals surface area contributed by atoms with Gasteiger partial charge in [-0.1, -0.05) is 67.7 Å². The number of allylic oxidation sites excluding steroid dienone is 10. The number of hydrogen-bond donors (Lipinski definition) is 0. The predicted octanol–water partition coefficient (Wildman–Crippen LogP) is 6.81. The van der Waals surface area contributed by atoms with Crippen molar-refractivity contribution in [3.8, 4) is 0 Å². The summed E-state index contributed by atoms with van der Waals surface area (Å²) >= 11 is 1.55. The average molecular weight is 321 g/mol. The van der Waals surface area contributed by atoms with Crippen molar-refractivity contribution in [3.63, 3.8) is 0 Å². The van der Waals surface area contributed by atoms with Gasteiger partial charge in [0.1, 0.15) is 0 Å². The Labute approximate surface area is 142 Å². The molecule has 0 saturated carbocycles. The summed E-state index contributed by atoms with van der Waals surface area (Å²) in [6.45, 7) is 4.97. The van der Waals surface area contributed by atoms with Crippen LogP contribution < -0.4 is 0 Å². The van der Waals surface area contributed by atoms with Crippen LogP contribution in [0.5, 0.6) is 0 Å². The molecule has 0 rings (SSSR count). The van der Waals surface area contributed by atoms with Gasteiger partial charge in [-0.3, -0.25) is 0 Å². The van der Waals surface area contributed by atoms with Crippen LogP contribution in [0.1, 0.15) is 52.4 Å². The number of hydrogen-bond acceptors (Lipinski definition) is 2. The standard InChI is InChI=1S/C20H32OS/c1-3-5-6-7-8-9-10-11-12-13-14-15-16-17-18-19-20-22-21-4-2/h5-6,8-9,11-12,14-15,17-18H,3-4,7,10,13,16,19-20H2,1-2H3/b6-5-,9-8-,12-11-,15-14-,18-17-. The van der Waals surface area contributed by atoms with E-state index in [1.807, 2.05) is 6.92 Å². The predicted molar refractivity (Wildman–Crippen MR) is 103 cm³/mol. The maximum atomic E-state index is 5.21. The van der Waals surface area contributed by atoms with E-state index in [-0.39, 0.29) is 0 Å². The van der Waals surface area contributed by atoms with Crippen LogP contribution in [0.3, 0.4) is 0 Å². The molecule has 0 aliphatic heterocycles. The third-order valence-corrected chi connectivity index (χ3v) is 3.53. The molecule has 0 unspecified atom stereocenters. The Hall–Kier alpha value is -0.990. The summed E-state index contributed by atoms with van der Waals surface area (Å²) in [5.41, 5.74) is 0. The average Bonchev–Trinajstić information content (AvgIpc) is 2.54. The van der Waals surface area contributed by atoms with Gasteiger partial charge in [0.15, 0.2) is 0 Å². The molecule has 2 heteroatoms. The minimum atomic E-state index is 0.788. The van der Waals surface area contributed by atoms with Crippen molar-refractivity contribution in [1.82, 2.24) is 0 Å². The Kier molecular flexibility index (Phi) is 19.1. The van der Waals surface area contributed by atoms with Gasteiger partial charge in [0.2, 0.25) is 0 Å². The van der Waals surface area contributed by atoms with Crippen LogP contribution in [0.25, 0.3) is 0 Å². The molecule has 0 heterocycles. The lowest BCUT2D eigenvalue weighted by molar-refractivity contribution is 0.402. The summed E-state index contributed by atoms with van der Waals surface area (Å²) in [6, 6.07) is 0. The van der Waals surface area contributed by atoms with E-state index < -0.39 is 0 Å². The largest absolute Gasteiger partial charge is 0.316 e. The Morgan fingerprint density at radius 3 is 1.55 bits per heavy atom. The molecule has 0 aliphatic rings. The fourth-order valence-corrected chi connectivity index (χ4v) is 2.14. The first-order chi connectivity index (χ1) is 10.9. The van der Waals surface area contributed by atoms with E-state index in [0.29, 0.717) is 0 Å². The Morgan fingerprint density at radius 1 is 0.636 bits per heavy atom. The molecule has 1 nitrogen and oxygen atoms in total. The zero-order valence-electron chi connectivity index (χ0n) is 14.2. The molecule has 0 saturated heterocycles. The van der Waals surface area contributed by atoms with Gasteiger partial charge in [-0.15, -0.1) is 0 Å². The van der Waals surface area contributed by atoms with Crippen LogP contribution in [-0.2, 0) is 4.18 Å². The first kappa shape index (κ1) is 21.0. The van der Waals surface area contributed by atoms with E-state index in [1.54, 1.807) is 12.0 Å². The van der Waals surface area contributed by atoms with Crippen LogP contribution in [0.2, 0.25) is 0 Å². The molecular formula is C20H32OS. The van der Waals surface area contributed by atoms with E-state index in [9.17, 15) is 0 Å². The van der Waals surface area contributed by atoms with Gasteiger partial charge in [0.05, 0.1) is 6.61 Å². The molecule has 124 valence electrons. The van der Waals surface area contributed by atoms with Crippen LogP contribution in [0.4, 0.5) is 0 Å². The van der Waals surface area contributed by atoms with Gasteiger partial charge in [0.25, 0.3) is 0 Å². The lowest BCUT2D eigenvalue weighted by Crippen LogP contribution is -1.80. The molecule has 0 aliphatic carbocycles. The lowest BCUT2D eigenvalue weighted by Gasteiger charge is -1.94. The van der Waals surface area contributed by atoms with Crippen LogP contribution >= 0.6 is 12.0 Å². The Balaban J connectivity index is 3.40. The minimum absolute atomic E-state index is 0.788. The summed E-state index contributed by atoms with van der Waals surface area (Å²) in [7, 11) is 0. The van der Waals surface area contributed by atoms with Gasteiger partial charge in [-0.05, 0) is 57.5 Å². The summed E-state index contributed by atoms with van der Waals surface area (Å²) < 4.78 is 5.21. The van der Waals surface area contributed by atoms with E-state index in [2.05, 4.69) is 67.7 Å². The second-order valence-corrected chi connectivity index (χ2v) is 5.60. The Bertz CT molecular complexity index is 351. The maximum Gasteiger partial charge on any atom is 0.0585 e. The van der Waals surface area contributed by atoms with Crippen molar-refractivity contribution >= 4 is 12.0 Å². The molecule has 0 aromatic rings. The first-order valence-corrected chi connectivity index (χ1v) is 9.32. The second-order valence-electron chi connectivity index (χ2n) is 4.73. The summed E-state index contributed by atoms with van der Waals surface area (Å²) in [4.78, 5) is 0. The second kappa shape index (κ2) is 20.0. The molecule has 0 N–H and O–H groups in total. The fourth-order valence-electron chi connectivity index (χ4n) is 1.63. The highest BCUT2D eigenvalue weighted by molar-refractivity contribution is 7.94. The number of rotatable bonds is 14. The third-order valence-electron chi connectivity index (χ3n) is 2.73. The molecule has 0 radical (unpaired) electrons. The monoisotopic (exact) mass is 320 g/mol. The van der Waals surface area contributed by atoms with E-state index in [1.165, 1.54) is 0 Å². The van der Waals surface area contributed by atoms with Gasteiger partial charge >= 0.3 is 0 Å². The fraction of sp³-hybridized carbons (Fsp3) is 0.500. The highest BCUT2D eigenvalue weighted by Crippen LogP contribution is 2.04. The van der Waals surface area contributed by atoms with E-state index in [4.69, 9.17) is 4.18 Å². The summed E-state index contributed by atoms with van der Waals surface area (Å²) in [6.07, 6.45) is 28.6. The smallest absolute Gasteiger partial charge is 0.0585 e. The highest BCUT2D eigenvalue weighted by Gasteiger charge is 1.83. The van der Waals surface area contributed by atoms with Gasteiger partial charge in [0, 0.05) is 5.75 Å². The zero-order valence-corrected chi connectivity index (χ0v) is 15.1. The van der Waals surface area contributed by atoms with Crippen LogP contribution in [0, 0.1) is 0 Å². The molecular weight excluding hydrogens is 288 g/mol. The maximum absolute atomic E-state index is 5.21. The topological polar surface area (TPSA) is 9.23 Å². The molecule has 0 aromatic carbocycles. The minimum Gasteiger partial charge on any atom is -0.316 e. The lowest BCUT2D eigenvalue weighted by atomic mass is 10.2. The molecule has 22 heavy (non-hydrogen) atoms. The summed E-state index contributed by atoms with van der Waals surface area (Å²) in [5, 5.41) is 0. The van der Waals surface area contributed by atoms with Crippen LogP contribution in [0.15, 0.2) is 60.8 Å².